The van der Waals surface area contributed by atoms with Gasteiger partial charge < -0.3 is 4.90 Å². The lowest BCUT2D eigenvalue weighted by atomic mass is 10.0. The number of aromatic nitrogens is 3. The van der Waals surface area contributed by atoms with Gasteiger partial charge in [-0.1, -0.05) is 11.6 Å². The number of nitrogens with zero attached hydrogens (tertiary/aromatic N) is 4. The molecule has 1 saturated heterocycles. The summed E-state index contributed by atoms with van der Waals surface area (Å²) in [4.78, 5) is 6.56. The molecule has 2 aromatic rings. The van der Waals surface area contributed by atoms with Crippen LogP contribution in [-0.4, -0.2) is 27.9 Å². The summed E-state index contributed by atoms with van der Waals surface area (Å²) in [5.41, 5.74) is 0. The van der Waals surface area contributed by atoms with Gasteiger partial charge in [-0.2, -0.15) is 5.10 Å². The van der Waals surface area contributed by atoms with Crippen LogP contribution in [0.5, 0.6) is 0 Å². The van der Waals surface area contributed by atoms with Gasteiger partial charge in [0.25, 0.3) is 0 Å². The van der Waals surface area contributed by atoms with Crippen molar-refractivity contribution in [2.24, 2.45) is 5.92 Å². The molecule has 0 bridgehead atoms. The standard InChI is InChI=1S/C12H11Br2ClN4/c13-9-1-11(15)12(16-2-9)18-4-8(5-18)6-19-7-10(14)3-17-19/h1-3,7-8H,4-6H2. The van der Waals surface area contributed by atoms with E-state index in [2.05, 4.69) is 46.8 Å². The molecule has 0 amide bonds. The summed E-state index contributed by atoms with van der Waals surface area (Å²) in [5.74, 6) is 1.45. The van der Waals surface area contributed by atoms with Crippen LogP contribution in [0.15, 0.2) is 33.6 Å². The molecule has 0 aliphatic carbocycles. The van der Waals surface area contributed by atoms with E-state index in [0.29, 0.717) is 10.9 Å². The molecule has 3 rings (SSSR count). The Labute approximate surface area is 133 Å². The van der Waals surface area contributed by atoms with Crippen LogP contribution < -0.4 is 4.90 Å². The number of hydrogen-bond acceptors (Lipinski definition) is 3. The maximum atomic E-state index is 6.19. The first-order valence-corrected chi connectivity index (χ1v) is 7.82. The molecular weight excluding hydrogens is 395 g/mol. The Hall–Kier alpha value is -0.590. The van der Waals surface area contributed by atoms with Crippen LogP contribution in [0.2, 0.25) is 5.02 Å². The van der Waals surface area contributed by atoms with Crippen molar-refractivity contribution < 1.29 is 0 Å². The second kappa shape index (κ2) is 5.42. The van der Waals surface area contributed by atoms with Crippen LogP contribution in [-0.2, 0) is 6.54 Å². The second-order valence-electron chi connectivity index (χ2n) is 4.61. The van der Waals surface area contributed by atoms with Crippen LogP contribution in [0, 0.1) is 5.92 Å². The topological polar surface area (TPSA) is 34.0 Å². The van der Waals surface area contributed by atoms with Gasteiger partial charge in [-0.15, -0.1) is 0 Å². The molecule has 1 aliphatic heterocycles. The van der Waals surface area contributed by atoms with Crippen LogP contribution in [0.1, 0.15) is 0 Å². The van der Waals surface area contributed by atoms with E-state index in [0.717, 1.165) is 34.4 Å². The minimum Gasteiger partial charge on any atom is -0.355 e. The van der Waals surface area contributed by atoms with E-state index in [4.69, 9.17) is 11.6 Å². The molecule has 0 radical (unpaired) electrons. The average Bonchev–Trinajstić information content (AvgIpc) is 2.70. The van der Waals surface area contributed by atoms with Crippen molar-refractivity contribution >= 4 is 49.3 Å². The predicted molar refractivity (Wildman–Crippen MR) is 82.6 cm³/mol. The first-order chi connectivity index (χ1) is 9.11. The van der Waals surface area contributed by atoms with Crippen molar-refractivity contribution in [3.63, 3.8) is 0 Å². The fourth-order valence-corrected chi connectivity index (χ4v) is 3.28. The SMILES string of the molecule is Clc1cc(Br)cnc1N1CC(Cn2cc(Br)cn2)C1. The lowest BCUT2D eigenvalue weighted by Crippen LogP contribution is -2.49. The molecule has 2 aromatic heterocycles. The van der Waals surface area contributed by atoms with Gasteiger partial charge in [0.15, 0.2) is 0 Å². The zero-order valence-electron chi connectivity index (χ0n) is 9.93. The van der Waals surface area contributed by atoms with Crippen molar-refractivity contribution in [1.29, 1.82) is 0 Å². The summed E-state index contributed by atoms with van der Waals surface area (Å²) in [5, 5.41) is 4.96. The Morgan fingerprint density at radius 2 is 2.05 bits per heavy atom. The number of hydrogen-bond donors (Lipinski definition) is 0. The van der Waals surface area contributed by atoms with Gasteiger partial charge in [-0.05, 0) is 37.9 Å². The molecule has 0 unspecified atom stereocenters. The average molecular weight is 407 g/mol. The van der Waals surface area contributed by atoms with Gasteiger partial charge in [-0.3, -0.25) is 4.68 Å². The van der Waals surface area contributed by atoms with E-state index >= 15 is 0 Å². The maximum Gasteiger partial charge on any atom is 0.147 e. The number of rotatable bonds is 3. The second-order valence-corrected chi connectivity index (χ2v) is 6.85. The number of anilines is 1. The molecule has 0 spiro atoms. The van der Waals surface area contributed by atoms with Crippen molar-refractivity contribution in [3.05, 3.63) is 38.6 Å². The third-order valence-electron chi connectivity index (χ3n) is 3.09. The summed E-state index contributed by atoms with van der Waals surface area (Å²) in [6.07, 6.45) is 5.58. The summed E-state index contributed by atoms with van der Waals surface area (Å²) in [7, 11) is 0. The first kappa shape index (κ1) is 13.4. The summed E-state index contributed by atoms with van der Waals surface area (Å²) < 4.78 is 3.88. The van der Waals surface area contributed by atoms with Crippen molar-refractivity contribution in [1.82, 2.24) is 14.8 Å². The molecular formula is C12H11Br2ClN4. The first-order valence-electron chi connectivity index (χ1n) is 5.86. The van der Waals surface area contributed by atoms with Gasteiger partial charge in [0.05, 0.1) is 15.7 Å². The van der Waals surface area contributed by atoms with E-state index < -0.39 is 0 Å². The fraction of sp³-hybridized carbons (Fsp3) is 0.333. The largest absolute Gasteiger partial charge is 0.355 e. The molecule has 1 aliphatic rings. The zero-order valence-corrected chi connectivity index (χ0v) is 13.9. The van der Waals surface area contributed by atoms with Crippen LogP contribution in [0.3, 0.4) is 0 Å². The minimum atomic E-state index is 0.591. The van der Waals surface area contributed by atoms with Crippen LogP contribution in [0.4, 0.5) is 5.82 Å². The lowest BCUT2D eigenvalue weighted by molar-refractivity contribution is 0.340. The normalized spacial score (nSPS) is 15.6. The highest BCUT2D eigenvalue weighted by Gasteiger charge is 2.29. The van der Waals surface area contributed by atoms with Crippen molar-refractivity contribution in [2.45, 2.75) is 6.54 Å². The van der Waals surface area contributed by atoms with Gasteiger partial charge in [0.1, 0.15) is 5.82 Å². The summed E-state index contributed by atoms with van der Waals surface area (Å²) >= 11 is 13.0. The molecule has 0 saturated carbocycles. The van der Waals surface area contributed by atoms with Gasteiger partial charge in [-0.25, -0.2) is 4.98 Å². The monoisotopic (exact) mass is 404 g/mol. The molecule has 0 atom stereocenters. The molecule has 3 heterocycles. The van der Waals surface area contributed by atoms with E-state index in [1.165, 1.54) is 0 Å². The van der Waals surface area contributed by atoms with Crippen LogP contribution >= 0.6 is 43.5 Å². The van der Waals surface area contributed by atoms with Crippen molar-refractivity contribution in [2.75, 3.05) is 18.0 Å². The fourth-order valence-electron chi connectivity index (χ4n) is 2.20. The molecule has 100 valence electrons. The predicted octanol–water partition coefficient (Wildman–Crippen LogP) is 3.59. The Bertz CT molecular complexity index is 595. The van der Waals surface area contributed by atoms with Gasteiger partial charge in [0.2, 0.25) is 0 Å². The summed E-state index contributed by atoms with van der Waals surface area (Å²) in [6.45, 7) is 2.86. The lowest BCUT2D eigenvalue weighted by Gasteiger charge is -2.40. The smallest absolute Gasteiger partial charge is 0.147 e. The third kappa shape index (κ3) is 2.95. The molecule has 19 heavy (non-hydrogen) atoms. The third-order valence-corrected chi connectivity index (χ3v) is 4.21. The maximum absolute atomic E-state index is 6.19. The van der Waals surface area contributed by atoms with E-state index in [9.17, 15) is 0 Å². The van der Waals surface area contributed by atoms with Gasteiger partial charge in [0, 0.05) is 42.4 Å². The van der Waals surface area contributed by atoms with Gasteiger partial charge >= 0.3 is 0 Å². The molecule has 7 heteroatoms. The molecule has 0 aromatic carbocycles. The summed E-state index contributed by atoms with van der Waals surface area (Å²) in [6, 6.07) is 1.88. The quantitative estimate of drug-likeness (QED) is 0.781. The number of pyridine rings is 1. The Kier molecular flexibility index (Phi) is 3.82. The highest BCUT2D eigenvalue weighted by atomic mass is 79.9. The van der Waals surface area contributed by atoms with E-state index in [-0.39, 0.29) is 0 Å². The van der Waals surface area contributed by atoms with Crippen molar-refractivity contribution in [3.8, 4) is 0 Å². The minimum absolute atomic E-state index is 0.591. The molecule has 4 nitrogen and oxygen atoms in total. The Morgan fingerprint density at radius 1 is 1.26 bits per heavy atom. The highest BCUT2D eigenvalue weighted by molar-refractivity contribution is 9.10. The Balaban J connectivity index is 1.60. The molecule has 1 fully saturated rings. The van der Waals surface area contributed by atoms with E-state index in [1.54, 1.807) is 6.20 Å². The molecule has 0 N–H and O–H groups in total. The van der Waals surface area contributed by atoms with E-state index in [1.807, 2.05) is 23.1 Å². The highest BCUT2D eigenvalue weighted by Crippen LogP contribution is 2.31. The Morgan fingerprint density at radius 3 is 2.68 bits per heavy atom. The van der Waals surface area contributed by atoms with Crippen LogP contribution in [0.25, 0.3) is 0 Å². The zero-order chi connectivity index (χ0) is 13.4. The number of halogens is 3.